The second-order valence-electron chi connectivity index (χ2n) is 8.82. The summed E-state index contributed by atoms with van der Waals surface area (Å²) in [6.07, 6.45) is 0. The summed E-state index contributed by atoms with van der Waals surface area (Å²) in [6.45, 7) is 7.27. The number of ether oxygens (including phenoxy) is 2. The lowest BCUT2D eigenvalue weighted by atomic mass is 10.2. The number of rotatable bonds is 8. The second-order valence-corrected chi connectivity index (χ2v) is 8.82. The van der Waals surface area contributed by atoms with Crippen molar-refractivity contribution in [1.29, 1.82) is 0 Å². The van der Waals surface area contributed by atoms with E-state index in [9.17, 15) is 0 Å². The number of hydrogen-bond donors (Lipinski definition) is 0. The SMILES string of the molecule is Cc1cc(-c2cc3nc(OCc4ccccc4)cc(N4CCOCC4)n3n2)nn1CCN(C)C. The Balaban J connectivity index is 1.48. The van der Waals surface area contributed by atoms with Gasteiger partial charge < -0.3 is 19.3 Å². The molecule has 0 N–H and O–H groups in total. The first-order valence-corrected chi connectivity index (χ1v) is 11.7. The number of aryl methyl sites for hydroxylation is 1. The Morgan fingerprint density at radius 1 is 1.00 bits per heavy atom. The van der Waals surface area contributed by atoms with E-state index in [0.717, 1.165) is 60.3 Å². The average molecular weight is 462 g/mol. The molecule has 0 aliphatic carbocycles. The lowest BCUT2D eigenvalue weighted by molar-refractivity contribution is 0.122. The molecule has 1 fully saturated rings. The topological polar surface area (TPSA) is 73.0 Å². The summed E-state index contributed by atoms with van der Waals surface area (Å²) in [7, 11) is 4.14. The molecule has 0 spiro atoms. The molecule has 9 nitrogen and oxygen atoms in total. The molecule has 3 aromatic heterocycles. The third-order valence-corrected chi connectivity index (χ3v) is 5.95. The molecule has 0 unspecified atom stereocenters. The van der Waals surface area contributed by atoms with Gasteiger partial charge in [0.2, 0.25) is 5.88 Å². The van der Waals surface area contributed by atoms with Crippen LogP contribution < -0.4 is 9.64 Å². The molecule has 9 heteroatoms. The number of nitrogens with zero attached hydrogens (tertiary/aromatic N) is 7. The summed E-state index contributed by atoms with van der Waals surface area (Å²) in [6, 6.07) is 16.2. The molecule has 4 aromatic rings. The molecule has 0 bridgehead atoms. The molecule has 0 radical (unpaired) electrons. The molecule has 34 heavy (non-hydrogen) atoms. The number of hydrogen-bond acceptors (Lipinski definition) is 7. The van der Waals surface area contributed by atoms with E-state index in [4.69, 9.17) is 24.7 Å². The first-order chi connectivity index (χ1) is 16.6. The lowest BCUT2D eigenvalue weighted by Gasteiger charge is -2.29. The molecule has 1 aromatic carbocycles. The van der Waals surface area contributed by atoms with Gasteiger partial charge in [0.05, 0.1) is 19.8 Å². The Bertz CT molecular complexity index is 1240. The van der Waals surface area contributed by atoms with E-state index in [1.807, 2.05) is 51.7 Å². The third-order valence-electron chi connectivity index (χ3n) is 5.95. The highest BCUT2D eigenvalue weighted by atomic mass is 16.5. The Morgan fingerprint density at radius 2 is 1.76 bits per heavy atom. The van der Waals surface area contributed by atoms with E-state index in [-0.39, 0.29) is 0 Å². The van der Waals surface area contributed by atoms with Crippen molar-refractivity contribution in [1.82, 2.24) is 29.3 Å². The van der Waals surface area contributed by atoms with Crippen molar-refractivity contribution in [3.05, 3.63) is 59.8 Å². The van der Waals surface area contributed by atoms with Gasteiger partial charge in [0.25, 0.3) is 0 Å². The number of benzene rings is 1. The number of fused-ring (bicyclic) bond motifs is 1. The molecule has 5 rings (SSSR count). The van der Waals surface area contributed by atoms with Crippen LogP contribution in [0.5, 0.6) is 5.88 Å². The van der Waals surface area contributed by atoms with Gasteiger partial charge in [0.1, 0.15) is 23.8 Å². The average Bonchev–Trinajstić information content (AvgIpc) is 3.45. The summed E-state index contributed by atoms with van der Waals surface area (Å²) in [5.74, 6) is 1.53. The minimum absolute atomic E-state index is 0.461. The van der Waals surface area contributed by atoms with E-state index in [1.54, 1.807) is 0 Å². The maximum atomic E-state index is 6.09. The van der Waals surface area contributed by atoms with Crippen molar-refractivity contribution in [2.24, 2.45) is 0 Å². The monoisotopic (exact) mass is 461 g/mol. The molecule has 0 atom stereocenters. The van der Waals surface area contributed by atoms with Gasteiger partial charge in [0, 0.05) is 37.5 Å². The van der Waals surface area contributed by atoms with E-state index >= 15 is 0 Å². The van der Waals surface area contributed by atoms with Gasteiger partial charge in [-0.15, -0.1) is 0 Å². The van der Waals surface area contributed by atoms with Crippen molar-refractivity contribution in [2.75, 3.05) is 51.8 Å². The molecule has 1 saturated heterocycles. The predicted octanol–water partition coefficient (Wildman–Crippen LogP) is 2.88. The fraction of sp³-hybridized carbons (Fsp3) is 0.400. The van der Waals surface area contributed by atoms with Gasteiger partial charge in [0.15, 0.2) is 5.65 Å². The van der Waals surface area contributed by atoms with Gasteiger partial charge in [-0.05, 0) is 32.6 Å². The zero-order valence-corrected chi connectivity index (χ0v) is 20.0. The highest BCUT2D eigenvalue weighted by molar-refractivity contribution is 5.64. The van der Waals surface area contributed by atoms with Crippen LogP contribution in [0.3, 0.4) is 0 Å². The standard InChI is InChI=1S/C25H31N7O2/c1-19-15-21(27-31(19)10-9-29(2)3)22-16-23-26-24(34-18-20-7-5-4-6-8-20)17-25(32(23)28-22)30-11-13-33-14-12-30/h4-8,15-17H,9-14,18H2,1-3H3. The molecule has 1 aliphatic heterocycles. The van der Waals surface area contributed by atoms with Gasteiger partial charge in [-0.25, -0.2) is 0 Å². The summed E-state index contributed by atoms with van der Waals surface area (Å²) in [5, 5.41) is 9.71. The van der Waals surface area contributed by atoms with Crippen LogP contribution in [0.2, 0.25) is 0 Å². The maximum Gasteiger partial charge on any atom is 0.219 e. The molecule has 0 saturated carbocycles. The van der Waals surface area contributed by atoms with Gasteiger partial charge in [-0.3, -0.25) is 4.68 Å². The quantitative estimate of drug-likeness (QED) is 0.400. The smallest absolute Gasteiger partial charge is 0.219 e. The van der Waals surface area contributed by atoms with Crippen molar-refractivity contribution >= 4 is 11.5 Å². The summed E-state index contributed by atoms with van der Waals surface area (Å²) < 4.78 is 15.6. The highest BCUT2D eigenvalue weighted by Gasteiger charge is 2.20. The van der Waals surface area contributed by atoms with Crippen LogP contribution in [0.1, 0.15) is 11.3 Å². The number of likely N-dealkylation sites (N-methyl/N-ethyl adjacent to an activating group) is 1. The Hall–Kier alpha value is -3.43. The summed E-state index contributed by atoms with van der Waals surface area (Å²) in [4.78, 5) is 9.18. The Kier molecular flexibility index (Phi) is 6.46. The normalized spacial score (nSPS) is 14.3. The fourth-order valence-electron chi connectivity index (χ4n) is 4.04. The maximum absolute atomic E-state index is 6.09. The minimum atomic E-state index is 0.461. The first kappa shape index (κ1) is 22.4. The van der Waals surface area contributed by atoms with Crippen LogP contribution in [0, 0.1) is 6.92 Å². The number of morpholine rings is 1. The second kappa shape index (κ2) is 9.82. The minimum Gasteiger partial charge on any atom is -0.473 e. The molecular formula is C25H31N7O2. The summed E-state index contributed by atoms with van der Waals surface area (Å²) >= 11 is 0. The Labute approximate surface area is 199 Å². The zero-order chi connectivity index (χ0) is 23.5. The van der Waals surface area contributed by atoms with Crippen LogP contribution in [0.25, 0.3) is 17.0 Å². The van der Waals surface area contributed by atoms with E-state index in [0.29, 0.717) is 25.7 Å². The molecule has 178 valence electrons. The number of anilines is 1. The largest absolute Gasteiger partial charge is 0.473 e. The zero-order valence-electron chi connectivity index (χ0n) is 20.0. The molecule has 0 amide bonds. The van der Waals surface area contributed by atoms with Crippen LogP contribution in [0.15, 0.2) is 48.5 Å². The molecule has 4 heterocycles. The fourth-order valence-corrected chi connectivity index (χ4v) is 4.04. The highest BCUT2D eigenvalue weighted by Crippen LogP contribution is 2.27. The van der Waals surface area contributed by atoms with Crippen LogP contribution in [-0.4, -0.2) is 76.2 Å². The van der Waals surface area contributed by atoms with Gasteiger partial charge in [-0.2, -0.15) is 19.7 Å². The third kappa shape index (κ3) is 4.90. The van der Waals surface area contributed by atoms with E-state index < -0.39 is 0 Å². The van der Waals surface area contributed by atoms with Crippen molar-refractivity contribution in [2.45, 2.75) is 20.1 Å². The van der Waals surface area contributed by atoms with Crippen molar-refractivity contribution in [3.8, 4) is 17.3 Å². The van der Waals surface area contributed by atoms with Gasteiger partial charge >= 0.3 is 0 Å². The van der Waals surface area contributed by atoms with Crippen molar-refractivity contribution < 1.29 is 9.47 Å². The van der Waals surface area contributed by atoms with Crippen LogP contribution >= 0.6 is 0 Å². The first-order valence-electron chi connectivity index (χ1n) is 11.7. The Morgan fingerprint density at radius 3 is 2.53 bits per heavy atom. The molecular weight excluding hydrogens is 430 g/mol. The predicted molar refractivity (Wildman–Crippen MR) is 131 cm³/mol. The van der Waals surface area contributed by atoms with Crippen LogP contribution in [0.4, 0.5) is 5.82 Å². The lowest BCUT2D eigenvalue weighted by Crippen LogP contribution is -2.37. The summed E-state index contributed by atoms with van der Waals surface area (Å²) in [5.41, 5.74) is 4.60. The van der Waals surface area contributed by atoms with Gasteiger partial charge in [-0.1, -0.05) is 30.3 Å². The van der Waals surface area contributed by atoms with E-state index in [2.05, 4.69) is 36.9 Å². The van der Waals surface area contributed by atoms with E-state index in [1.165, 1.54) is 0 Å². The van der Waals surface area contributed by atoms with Crippen LogP contribution in [-0.2, 0) is 17.9 Å². The number of aromatic nitrogens is 5. The molecule has 1 aliphatic rings. The van der Waals surface area contributed by atoms with Crippen molar-refractivity contribution in [3.63, 3.8) is 0 Å².